The zero-order chi connectivity index (χ0) is 5.11. The lowest BCUT2D eigenvalue weighted by Crippen LogP contribution is -1.67. The molecule has 0 bridgehead atoms. The van der Waals surface area contributed by atoms with Crippen molar-refractivity contribution in [3.05, 3.63) is 22.4 Å². The Balaban J connectivity index is 2.76. The van der Waals surface area contributed by atoms with E-state index >= 15 is 0 Å². The van der Waals surface area contributed by atoms with Crippen LogP contribution in [0.1, 0.15) is 12.5 Å². The highest BCUT2D eigenvalue weighted by atomic mass is 32.1. The molecule has 1 rings (SSSR count). The molecule has 0 aliphatic heterocycles. The van der Waals surface area contributed by atoms with Crippen LogP contribution in [0.15, 0.2) is 6.07 Å². The standard InChI is InChI=1S/C6H6S/c1-2-6-3-4-7-5-6/h3H,2H2,1H3. The topological polar surface area (TPSA) is 0 Å². The van der Waals surface area contributed by atoms with Gasteiger partial charge in [0.25, 0.3) is 0 Å². The van der Waals surface area contributed by atoms with E-state index in [9.17, 15) is 0 Å². The van der Waals surface area contributed by atoms with Crippen LogP contribution in [-0.4, -0.2) is 0 Å². The minimum Gasteiger partial charge on any atom is -0.133 e. The molecule has 7 heavy (non-hydrogen) atoms. The molecule has 0 saturated heterocycles. The first-order valence-corrected chi connectivity index (χ1v) is 3.11. The van der Waals surface area contributed by atoms with Gasteiger partial charge in [0.2, 0.25) is 0 Å². The van der Waals surface area contributed by atoms with Gasteiger partial charge in [0.15, 0.2) is 0 Å². The summed E-state index contributed by atoms with van der Waals surface area (Å²) in [6.07, 6.45) is 1.08. The Bertz CT molecular complexity index is 119. The summed E-state index contributed by atoms with van der Waals surface area (Å²) in [4.78, 5) is 0. The van der Waals surface area contributed by atoms with Gasteiger partial charge < -0.3 is 0 Å². The third kappa shape index (κ3) is 1.03. The molecule has 0 saturated carbocycles. The molecule has 0 amide bonds. The second-order valence-electron chi connectivity index (χ2n) is 1.35. The van der Waals surface area contributed by atoms with Gasteiger partial charge in [-0.2, -0.15) is 0 Å². The van der Waals surface area contributed by atoms with Gasteiger partial charge in [-0.25, -0.2) is 0 Å². The second kappa shape index (κ2) is 2.12. The highest BCUT2D eigenvalue weighted by molar-refractivity contribution is 7.06. The quantitative estimate of drug-likeness (QED) is 0.518. The highest BCUT2D eigenvalue weighted by Crippen LogP contribution is 2.02. The smallest absolute Gasteiger partial charge is 0.0484 e. The van der Waals surface area contributed by atoms with Crippen molar-refractivity contribution in [3.63, 3.8) is 0 Å². The molecular weight excluding hydrogens is 104 g/mol. The van der Waals surface area contributed by atoms with Crippen molar-refractivity contribution in [2.45, 2.75) is 13.3 Å². The number of hydrogen-bond donors (Lipinski definition) is 0. The molecule has 0 fully saturated rings. The number of thiophene rings is 1. The van der Waals surface area contributed by atoms with Crippen molar-refractivity contribution in [2.75, 3.05) is 0 Å². The Labute approximate surface area is 47.8 Å². The van der Waals surface area contributed by atoms with Gasteiger partial charge in [-0.3, -0.25) is 0 Å². The Morgan fingerprint density at radius 3 is 3.00 bits per heavy atom. The van der Waals surface area contributed by atoms with Crippen LogP contribution in [-0.2, 0) is 6.42 Å². The first-order valence-electron chi connectivity index (χ1n) is 2.30. The summed E-state index contributed by atoms with van der Waals surface area (Å²) < 4.78 is 0. The number of aryl methyl sites for hydroxylation is 1. The molecule has 0 aliphatic carbocycles. The third-order valence-electron chi connectivity index (χ3n) is 0.855. The zero-order valence-electron chi connectivity index (χ0n) is 4.19. The van der Waals surface area contributed by atoms with Gasteiger partial charge in [0.05, 0.1) is 0 Å². The molecule has 0 unspecified atom stereocenters. The summed E-state index contributed by atoms with van der Waals surface area (Å²) in [5.74, 6) is 0. The van der Waals surface area contributed by atoms with Crippen molar-refractivity contribution in [2.24, 2.45) is 0 Å². The van der Waals surface area contributed by atoms with E-state index in [2.05, 4.69) is 17.7 Å². The molecule has 0 nitrogen and oxygen atoms in total. The van der Waals surface area contributed by atoms with Crippen molar-refractivity contribution >= 4 is 11.3 Å². The van der Waals surface area contributed by atoms with Crippen LogP contribution in [0, 0.1) is 10.8 Å². The lowest BCUT2D eigenvalue weighted by atomic mass is 10.3. The summed E-state index contributed by atoms with van der Waals surface area (Å²) in [5.41, 5.74) is 1.27. The molecule has 0 aromatic carbocycles. The lowest BCUT2D eigenvalue weighted by molar-refractivity contribution is 1.15. The van der Waals surface area contributed by atoms with Gasteiger partial charge in [-0.1, -0.05) is 6.92 Å². The minimum absolute atomic E-state index is 1.08. The molecule has 0 aliphatic rings. The second-order valence-corrected chi connectivity index (χ2v) is 1.99. The fourth-order valence-corrected chi connectivity index (χ4v) is 0.994. The van der Waals surface area contributed by atoms with E-state index in [1.165, 1.54) is 16.9 Å². The number of rotatable bonds is 1. The van der Waals surface area contributed by atoms with Crippen LogP contribution in [0.5, 0.6) is 0 Å². The van der Waals surface area contributed by atoms with Crippen LogP contribution < -0.4 is 0 Å². The van der Waals surface area contributed by atoms with Crippen molar-refractivity contribution < 1.29 is 0 Å². The van der Waals surface area contributed by atoms with Gasteiger partial charge in [0, 0.05) is 10.8 Å². The van der Waals surface area contributed by atoms with E-state index in [1.54, 1.807) is 0 Å². The van der Waals surface area contributed by atoms with Crippen LogP contribution in [0.2, 0.25) is 0 Å². The fraction of sp³-hybridized carbons (Fsp3) is 0.333. The van der Waals surface area contributed by atoms with Crippen LogP contribution in [0.4, 0.5) is 0 Å². The molecule has 1 heterocycles. The molecule has 1 heteroatoms. The summed E-state index contributed by atoms with van der Waals surface area (Å²) in [5, 5.41) is 6.04. The molecule has 36 valence electrons. The molecule has 0 N–H and O–H groups in total. The fourth-order valence-electron chi connectivity index (χ4n) is 0.399. The molecule has 0 atom stereocenters. The van der Waals surface area contributed by atoms with Crippen LogP contribution in [0.25, 0.3) is 0 Å². The largest absolute Gasteiger partial charge is 0.133 e. The summed E-state index contributed by atoms with van der Waals surface area (Å²) >= 11 is 1.51. The highest BCUT2D eigenvalue weighted by Gasteiger charge is 1.84. The molecular formula is C6H6S. The maximum atomic E-state index is 3.07. The molecule has 1 aromatic heterocycles. The van der Waals surface area contributed by atoms with E-state index in [-0.39, 0.29) is 0 Å². The normalized spacial score (nSPS) is 9.29. The van der Waals surface area contributed by atoms with Crippen molar-refractivity contribution in [1.29, 1.82) is 0 Å². The summed E-state index contributed by atoms with van der Waals surface area (Å²) in [6, 6.07) is 1.98. The predicted octanol–water partition coefficient (Wildman–Crippen LogP) is 1.91. The average Bonchev–Trinajstić information content (AvgIpc) is 2.14. The monoisotopic (exact) mass is 110 g/mol. The van der Waals surface area contributed by atoms with Gasteiger partial charge in [0.1, 0.15) is 0 Å². The third-order valence-corrected chi connectivity index (χ3v) is 1.46. The molecule has 2 radical (unpaired) electrons. The van der Waals surface area contributed by atoms with E-state index < -0.39 is 0 Å². The maximum absolute atomic E-state index is 3.07. The van der Waals surface area contributed by atoms with E-state index in [4.69, 9.17) is 0 Å². The van der Waals surface area contributed by atoms with Crippen LogP contribution in [0.3, 0.4) is 0 Å². The van der Waals surface area contributed by atoms with Gasteiger partial charge in [-0.05, 0) is 18.1 Å². The first-order chi connectivity index (χ1) is 3.43. The van der Waals surface area contributed by atoms with Crippen molar-refractivity contribution in [1.82, 2.24) is 0 Å². The summed E-state index contributed by atoms with van der Waals surface area (Å²) in [6.45, 7) is 2.12. The Morgan fingerprint density at radius 1 is 1.86 bits per heavy atom. The zero-order valence-corrected chi connectivity index (χ0v) is 5.01. The Morgan fingerprint density at radius 2 is 2.71 bits per heavy atom. The van der Waals surface area contributed by atoms with Gasteiger partial charge in [-0.15, -0.1) is 11.3 Å². The Kier molecular flexibility index (Phi) is 1.47. The minimum atomic E-state index is 1.08. The first kappa shape index (κ1) is 4.85. The van der Waals surface area contributed by atoms with E-state index in [0.717, 1.165) is 6.42 Å². The SMILES string of the molecule is CCc1[c]s[c]c1. The van der Waals surface area contributed by atoms with Gasteiger partial charge >= 0.3 is 0 Å². The lowest BCUT2D eigenvalue weighted by Gasteiger charge is -1.77. The molecule has 0 spiro atoms. The van der Waals surface area contributed by atoms with E-state index in [1.807, 2.05) is 6.07 Å². The van der Waals surface area contributed by atoms with Crippen molar-refractivity contribution in [3.8, 4) is 0 Å². The average molecular weight is 110 g/mol. The Hall–Kier alpha value is -0.300. The van der Waals surface area contributed by atoms with E-state index in [0.29, 0.717) is 0 Å². The predicted molar refractivity (Wildman–Crippen MR) is 31.4 cm³/mol. The maximum Gasteiger partial charge on any atom is 0.0484 e. The molecule has 1 aromatic rings. The van der Waals surface area contributed by atoms with Crippen LogP contribution >= 0.6 is 11.3 Å². The summed E-state index contributed by atoms with van der Waals surface area (Å²) in [7, 11) is 0. The number of hydrogen-bond acceptors (Lipinski definition) is 1.